The lowest BCUT2D eigenvalue weighted by atomic mass is 9.89. The summed E-state index contributed by atoms with van der Waals surface area (Å²) in [6.45, 7) is 0.308. The number of aliphatic carboxylic acids is 1. The van der Waals surface area contributed by atoms with E-state index in [-0.39, 0.29) is 12.2 Å². The van der Waals surface area contributed by atoms with Crippen molar-refractivity contribution in [3.8, 4) is 11.5 Å². The highest BCUT2D eigenvalue weighted by Gasteiger charge is 2.19. The molecule has 19 heavy (non-hydrogen) atoms. The van der Waals surface area contributed by atoms with E-state index in [1.165, 1.54) is 6.07 Å². The first kappa shape index (κ1) is 13.4. The number of hydrogen-bond acceptors (Lipinski definition) is 4. The summed E-state index contributed by atoms with van der Waals surface area (Å²) in [5.41, 5.74) is 2.03. The van der Waals surface area contributed by atoms with Crippen molar-refractivity contribution in [2.75, 3.05) is 6.61 Å². The van der Waals surface area contributed by atoms with Crippen LogP contribution in [0.2, 0.25) is 0 Å². The van der Waals surface area contributed by atoms with Crippen molar-refractivity contribution in [1.82, 2.24) is 0 Å². The van der Waals surface area contributed by atoms with E-state index in [0.717, 1.165) is 18.4 Å². The van der Waals surface area contributed by atoms with Crippen molar-refractivity contribution in [1.29, 1.82) is 5.41 Å². The third-order valence-electron chi connectivity index (χ3n) is 3.15. The Hall–Kier alpha value is -2.04. The molecule has 0 saturated heterocycles. The van der Waals surface area contributed by atoms with Crippen molar-refractivity contribution in [2.45, 2.75) is 32.1 Å². The van der Waals surface area contributed by atoms with Gasteiger partial charge in [-0.15, -0.1) is 0 Å². The van der Waals surface area contributed by atoms with E-state index in [1.54, 1.807) is 0 Å². The molecule has 0 fully saturated rings. The number of nitrogens with one attached hydrogen (secondary N) is 1. The minimum Gasteiger partial charge on any atom is -0.507 e. The number of ether oxygens (including phenoxy) is 1. The van der Waals surface area contributed by atoms with Gasteiger partial charge in [0.2, 0.25) is 0 Å². The molecular formula is C14H17NO4. The number of carboxylic acid groups (broad SMARTS) is 1. The van der Waals surface area contributed by atoms with Crippen molar-refractivity contribution in [3.63, 3.8) is 0 Å². The van der Waals surface area contributed by atoms with Crippen LogP contribution in [0.4, 0.5) is 0 Å². The highest BCUT2D eigenvalue weighted by atomic mass is 16.5. The normalized spacial score (nSPS) is 14.0. The highest BCUT2D eigenvalue weighted by Crippen LogP contribution is 2.33. The van der Waals surface area contributed by atoms with Crippen LogP contribution >= 0.6 is 0 Å². The van der Waals surface area contributed by atoms with E-state index in [9.17, 15) is 9.90 Å². The van der Waals surface area contributed by atoms with E-state index < -0.39 is 5.97 Å². The monoisotopic (exact) mass is 263 g/mol. The third-order valence-corrected chi connectivity index (χ3v) is 3.15. The molecule has 102 valence electrons. The van der Waals surface area contributed by atoms with E-state index in [2.05, 4.69) is 0 Å². The number of fused-ring (bicyclic) bond motifs is 1. The van der Waals surface area contributed by atoms with Crippen molar-refractivity contribution < 1.29 is 19.7 Å². The molecule has 0 saturated carbocycles. The summed E-state index contributed by atoms with van der Waals surface area (Å²) in [4.78, 5) is 10.4. The number of aryl methyl sites for hydroxylation is 1. The molecule has 0 heterocycles. The maximum Gasteiger partial charge on any atom is 0.303 e. The lowest BCUT2D eigenvalue weighted by molar-refractivity contribution is -0.137. The van der Waals surface area contributed by atoms with E-state index in [0.29, 0.717) is 36.5 Å². The molecular weight excluding hydrogens is 246 g/mol. The summed E-state index contributed by atoms with van der Waals surface area (Å²) in [7, 11) is 0. The van der Waals surface area contributed by atoms with Crippen LogP contribution in [-0.4, -0.2) is 28.5 Å². The summed E-state index contributed by atoms with van der Waals surface area (Å²) in [6.07, 6.45) is 2.94. The summed E-state index contributed by atoms with van der Waals surface area (Å²) in [6, 6.07) is 3.34. The molecule has 5 nitrogen and oxygen atoms in total. The van der Waals surface area contributed by atoms with Crippen LogP contribution in [0.3, 0.4) is 0 Å². The number of phenolic OH excluding ortho intramolecular Hbond substituents is 1. The second-order valence-corrected chi connectivity index (χ2v) is 4.65. The molecule has 0 atom stereocenters. The number of benzene rings is 1. The lowest BCUT2D eigenvalue weighted by Gasteiger charge is -2.19. The van der Waals surface area contributed by atoms with E-state index in [4.69, 9.17) is 15.3 Å². The highest BCUT2D eigenvalue weighted by molar-refractivity contribution is 6.03. The molecule has 1 aliphatic carbocycles. The molecule has 2 rings (SSSR count). The van der Waals surface area contributed by atoms with Crippen molar-refractivity contribution in [2.24, 2.45) is 0 Å². The van der Waals surface area contributed by atoms with Gasteiger partial charge < -0.3 is 20.4 Å². The quantitative estimate of drug-likeness (QED) is 0.711. The minimum absolute atomic E-state index is 0.0710. The molecule has 0 bridgehead atoms. The first-order chi connectivity index (χ1) is 9.08. The van der Waals surface area contributed by atoms with Crippen LogP contribution in [-0.2, 0) is 11.2 Å². The summed E-state index contributed by atoms with van der Waals surface area (Å²) in [5, 5.41) is 26.3. The molecule has 5 heteroatoms. The van der Waals surface area contributed by atoms with Crippen LogP contribution in [0.1, 0.15) is 36.8 Å². The van der Waals surface area contributed by atoms with E-state index in [1.807, 2.05) is 6.07 Å². The first-order valence-corrected chi connectivity index (χ1v) is 6.36. The predicted octanol–water partition coefficient (Wildman–Crippen LogP) is 2.34. The summed E-state index contributed by atoms with van der Waals surface area (Å²) >= 11 is 0. The van der Waals surface area contributed by atoms with Gasteiger partial charge in [0.15, 0.2) is 0 Å². The maximum absolute atomic E-state index is 10.4. The van der Waals surface area contributed by atoms with Gasteiger partial charge in [-0.2, -0.15) is 0 Å². The molecule has 0 amide bonds. The zero-order chi connectivity index (χ0) is 13.8. The zero-order valence-electron chi connectivity index (χ0n) is 10.6. The smallest absolute Gasteiger partial charge is 0.303 e. The molecule has 0 spiro atoms. The average molecular weight is 263 g/mol. The fourth-order valence-electron chi connectivity index (χ4n) is 2.28. The zero-order valence-corrected chi connectivity index (χ0v) is 10.6. The Morgan fingerprint density at radius 3 is 2.89 bits per heavy atom. The number of hydrogen-bond donors (Lipinski definition) is 3. The van der Waals surface area contributed by atoms with Gasteiger partial charge in [0, 0.05) is 23.8 Å². The first-order valence-electron chi connectivity index (χ1n) is 6.36. The second kappa shape index (κ2) is 5.73. The van der Waals surface area contributed by atoms with Crippen molar-refractivity contribution >= 4 is 11.7 Å². The van der Waals surface area contributed by atoms with Crippen LogP contribution in [0.25, 0.3) is 0 Å². The van der Waals surface area contributed by atoms with Gasteiger partial charge in [-0.05, 0) is 37.3 Å². The Bertz CT molecular complexity index is 510. The van der Waals surface area contributed by atoms with Crippen molar-refractivity contribution in [3.05, 3.63) is 23.3 Å². The van der Waals surface area contributed by atoms with Gasteiger partial charge in [0.1, 0.15) is 11.5 Å². The number of carbonyl (C=O) groups is 1. The Balaban J connectivity index is 2.05. The standard InChI is InChI=1S/C14H17NO4/c15-11-4-1-3-9-7-10(8-12(16)14(9)11)19-6-2-5-13(17)18/h7-8,15-16H,1-6H2,(H,17,18). The Morgan fingerprint density at radius 2 is 2.16 bits per heavy atom. The maximum atomic E-state index is 10.4. The third kappa shape index (κ3) is 3.24. The van der Waals surface area contributed by atoms with Gasteiger partial charge in [-0.1, -0.05) is 0 Å². The predicted molar refractivity (Wildman–Crippen MR) is 70.2 cm³/mol. The molecule has 1 aromatic carbocycles. The molecule has 1 aliphatic rings. The second-order valence-electron chi connectivity index (χ2n) is 4.65. The minimum atomic E-state index is -0.842. The fraction of sp³-hybridized carbons (Fsp3) is 0.429. The Morgan fingerprint density at radius 1 is 1.37 bits per heavy atom. The molecule has 1 aromatic rings. The molecule has 0 unspecified atom stereocenters. The lowest BCUT2D eigenvalue weighted by Crippen LogP contribution is -2.11. The molecule has 3 N–H and O–H groups in total. The van der Waals surface area contributed by atoms with Crippen LogP contribution in [0.15, 0.2) is 12.1 Å². The largest absolute Gasteiger partial charge is 0.507 e. The number of aromatic hydroxyl groups is 1. The number of phenols is 1. The van der Waals surface area contributed by atoms with Crippen LogP contribution in [0, 0.1) is 5.41 Å². The molecule has 0 aliphatic heterocycles. The molecule has 0 aromatic heterocycles. The Labute approximate surface area is 111 Å². The van der Waals surface area contributed by atoms with E-state index >= 15 is 0 Å². The van der Waals surface area contributed by atoms with Crippen LogP contribution < -0.4 is 4.74 Å². The topological polar surface area (TPSA) is 90.6 Å². The average Bonchev–Trinajstić information content (AvgIpc) is 2.34. The summed E-state index contributed by atoms with van der Waals surface area (Å²) in [5.74, 6) is -0.225. The van der Waals surface area contributed by atoms with Gasteiger partial charge >= 0.3 is 5.97 Å². The van der Waals surface area contributed by atoms with Gasteiger partial charge in [-0.3, -0.25) is 4.79 Å². The summed E-state index contributed by atoms with van der Waals surface area (Å²) < 4.78 is 5.44. The van der Waals surface area contributed by atoms with Gasteiger partial charge in [-0.25, -0.2) is 0 Å². The van der Waals surface area contributed by atoms with Gasteiger partial charge in [0.05, 0.1) is 6.61 Å². The fourth-order valence-corrected chi connectivity index (χ4v) is 2.28. The van der Waals surface area contributed by atoms with Gasteiger partial charge in [0.25, 0.3) is 0 Å². The van der Waals surface area contributed by atoms with Crippen LogP contribution in [0.5, 0.6) is 11.5 Å². The Kier molecular flexibility index (Phi) is 4.04. The number of carboxylic acids is 1. The molecule has 0 radical (unpaired) electrons. The number of rotatable bonds is 5. The SMILES string of the molecule is N=C1CCCc2cc(OCCCC(=O)O)cc(O)c21.